The summed E-state index contributed by atoms with van der Waals surface area (Å²) in [5, 5.41) is 3.71. The maximum Gasteiger partial charge on any atom is 0.160 e. The van der Waals surface area contributed by atoms with Crippen molar-refractivity contribution in [3.8, 4) is 0 Å². The van der Waals surface area contributed by atoms with Gasteiger partial charge in [0, 0.05) is 22.7 Å². The summed E-state index contributed by atoms with van der Waals surface area (Å²) < 4.78 is 0.938. The molecular formula is C12H11BrClNO. The number of carbonyl (C=O) groups excluding carboxylic acids is 1. The first-order chi connectivity index (χ1) is 7.66. The van der Waals surface area contributed by atoms with Crippen molar-refractivity contribution in [2.45, 2.75) is 19.3 Å². The van der Waals surface area contributed by atoms with Gasteiger partial charge in [0.2, 0.25) is 0 Å². The molecular weight excluding hydrogens is 289 g/mol. The van der Waals surface area contributed by atoms with Crippen LogP contribution < -0.4 is 5.32 Å². The van der Waals surface area contributed by atoms with E-state index in [2.05, 4.69) is 21.2 Å². The van der Waals surface area contributed by atoms with Crippen LogP contribution in [0.5, 0.6) is 0 Å². The van der Waals surface area contributed by atoms with E-state index in [9.17, 15) is 4.79 Å². The van der Waals surface area contributed by atoms with Crippen molar-refractivity contribution in [1.82, 2.24) is 0 Å². The summed E-state index contributed by atoms with van der Waals surface area (Å²) in [6.07, 6.45) is 4.26. The van der Waals surface area contributed by atoms with Crippen molar-refractivity contribution in [2.75, 3.05) is 5.32 Å². The summed E-state index contributed by atoms with van der Waals surface area (Å²) in [4.78, 5) is 11.4. The molecule has 84 valence electrons. The van der Waals surface area contributed by atoms with E-state index < -0.39 is 0 Å². The smallest absolute Gasteiger partial charge is 0.160 e. The van der Waals surface area contributed by atoms with Crippen LogP contribution in [-0.2, 0) is 4.79 Å². The number of hydrogen-bond donors (Lipinski definition) is 1. The number of anilines is 1. The van der Waals surface area contributed by atoms with Gasteiger partial charge in [-0.05, 0) is 31.0 Å². The summed E-state index contributed by atoms with van der Waals surface area (Å²) in [6, 6.07) is 5.60. The van der Waals surface area contributed by atoms with Crippen molar-refractivity contribution in [3.63, 3.8) is 0 Å². The van der Waals surface area contributed by atoms with E-state index >= 15 is 0 Å². The van der Waals surface area contributed by atoms with Crippen molar-refractivity contribution in [2.24, 2.45) is 0 Å². The molecule has 2 rings (SSSR count). The zero-order chi connectivity index (χ0) is 11.5. The molecule has 0 atom stereocenters. The third-order valence-electron chi connectivity index (χ3n) is 2.54. The van der Waals surface area contributed by atoms with E-state index in [4.69, 9.17) is 11.6 Å². The lowest BCUT2D eigenvalue weighted by atomic mass is 10.2. The first-order valence-electron chi connectivity index (χ1n) is 5.10. The summed E-state index contributed by atoms with van der Waals surface area (Å²) in [6.45, 7) is 0. The van der Waals surface area contributed by atoms with Crippen LogP contribution in [-0.4, -0.2) is 5.78 Å². The zero-order valence-corrected chi connectivity index (χ0v) is 10.9. The van der Waals surface area contributed by atoms with E-state index in [0.29, 0.717) is 11.4 Å². The van der Waals surface area contributed by atoms with Crippen LogP contribution >= 0.6 is 27.5 Å². The maximum absolute atomic E-state index is 11.4. The number of nitrogens with one attached hydrogen (secondary N) is 1. The molecule has 1 fully saturated rings. The molecule has 1 aromatic carbocycles. The minimum Gasteiger partial charge on any atom is -0.360 e. The maximum atomic E-state index is 11.4. The van der Waals surface area contributed by atoms with Gasteiger partial charge in [0.1, 0.15) is 0 Å². The number of hydrogen-bond acceptors (Lipinski definition) is 2. The van der Waals surface area contributed by atoms with Gasteiger partial charge >= 0.3 is 0 Å². The van der Waals surface area contributed by atoms with Crippen LogP contribution in [0.15, 0.2) is 34.4 Å². The summed E-state index contributed by atoms with van der Waals surface area (Å²) in [5.41, 5.74) is 1.68. The Balaban J connectivity index is 2.12. The van der Waals surface area contributed by atoms with Gasteiger partial charge in [-0.15, -0.1) is 0 Å². The minimum atomic E-state index is 0.237. The van der Waals surface area contributed by atoms with Gasteiger partial charge in [0.15, 0.2) is 5.78 Å². The SMILES string of the molecule is O=C1CCC/C1=C/Nc1ccc(Br)cc1Cl. The molecule has 1 aliphatic rings. The number of halogens is 2. The van der Waals surface area contributed by atoms with Gasteiger partial charge in [-0.25, -0.2) is 0 Å². The largest absolute Gasteiger partial charge is 0.360 e. The van der Waals surface area contributed by atoms with Crippen LogP contribution in [0.1, 0.15) is 19.3 Å². The highest BCUT2D eigenvalue weighted by Gasteiger charge is 2.16. The normalized spacial score (nSPS) is 18.1. The second-order valence-electron chi connectivity index (χ2n) is 3.71. The number of carbonyl (C=O) groups is 1. The Labute approximate surface area is 108 Å². The molecule has 0 spiro atoms. The highest BCUT2D eigenvalue weighted by Crippen LogP contribution is 2.27. The van der Waals surface area contributed by atoms with E-state index in [1.807, 2.05) is 18.2 Å². The fourth-order valence-corrected chi connectivity index (χ4v) is 2.39. The first kappa shape index (κ1) is 11.7. The van der Waals surface area contributed by atoms with Crippen molar-refractivity contribution < 1.29 is 4.79 Å². The van der Waals surface area contributed by atoms with E-state index in [1.54, 1.807) is 6.20 Å². The molecule has 1 aliphatic carbocycles. The molecule has 0 amide bonds. The van der Waals surface area contributed by atoms with Gasteiger partial charge in [0.25, 0.3) is 0 Å². The standard InChI is InChI=1S/C12H11BrClNO/c13-9-4-5-11(10(14)6-9)15-7-8-2-1-3-12(8)16/h4-7,15H,1-3H2/b8-7-. The van der Waals surface area contributed by atoms with Crippen molar-refractivity contribution in [1.29, 1.82) is 0 Å². The van der Waals surface area contributed by atoms with E-state index in [1.165, 1.54) is 0 Å². The lowest BCUT2D eigenvalue weighted by Crippen LogP contribution is -1.96. The van der Waals surface area contributed by atoms with Gasteiger partial charge in [0.05, 0.1) is 10.7 Å². The Kier molecular flexibility index (Phi) is 3.66. The molecule has 0 bridgehead atoms. The van der Waals surface area contributed by atoms with Gasteiger partial charge in [-0.2, -0.15) is 0 Å². The molecule has 0 aromatic heterocycles. The number of ketones is 1. The molecule has 2 nitrogen and oxygen atoms in total. The monoisotopic (exact) mass is 299 g/mol. The average Bonchev–Trinajstić information content (AvgIpc) is 2.63. The second-order valence-corrected chi connectivity index (χ2v) is 5.04. The number of rotatable bonds is 2. The Morgan fingerprint density at radius 1 is 1.38 bits per heavy atom. The van der Waals surface area contributed by atoms with Crippen molar-refractivity contribution in [3.05, 3.63) is 39.5 Å². The zero-order valence-electron chi connectivity index (χ0n) is 8.59. The second kappa shape index (κ2) is 5.02. The van der Waals surface area contributed by atoms with Gasteiger partial charge in [-0.3, -0.25) is 4.79 Å². The predicted molar refractivity (Wildman–Crippen MR) is 69.7 cm³/mol. The number of benzene rings is 1. The fraction of sp³-hybridized carbons (Fsp3) is 0.250. The fourth-order valence-electron chi connectivity index (χ4n) is 1.66. The molecule has 0 saturated heterocycles. The van der Waals surface area contributed by atoms with Crippen LogP contribution in [0.25, 0.3) is 0 Å². The molecule has 0 aliphatic heterocycles. The minimum absolute atomic E-state index is 0.237. The van der Waals surface area contributed by atoms with Gasteiger partial charge < -0.3 is 5.32 Å². The van der Waals surface area contributed by atoms with E-state index in [-0.39, 0.29) is 5.78 Å². The van der Waals surface area contributed by atoms with Crippen molar-refractivity contribution >= 4 is 39.0 Å². The Morgan fingerprint density at radius 2 is 2.19 bits per heavy atom. The van der Waals surface area contributed by atoms with Crippen LogP contribution in [0, 0.1) is 0 Å². The highest BCUT2D eigenvalue weighted by atomic mass is 79.9. The lowest BCUT2D eigenvalue weighted by molar-refractivity contribution is -0.114. The van der Waals surface area contributed by atoms with Crippen LogP contribution in [0.4, 0.5) is 5.69 Å². The van der Waals surface area contributed by atoms with Crippen LogP contribution in [0.2, 0.25) is 5.02 Å². The summed E-state index contributed by atoms with van der Waals surface area (Å²) >= 11 is 9.39. The topological polar surface area (TPSA) is 29.1 Å². The molecule has 1 saturated carbocycles. The van der Waals surface area contributed by atoms with E-state index in [0.717, 1.165) is 28.6 Å². The predicted octanol–water partition coefficient (Wildman–Crippen LogP) is 4.15. The average molecular weight is 301 g/mol. The summed E-state index contributed by atoms with van der Waals surface area (Å²) in [5.74, 6) is 0.237. The first-order valence-corrected chi connectivity index (χ1v) is 6.28. The molecule has 1 aromatic rings. The van der Waals surface area contributed by atoms with Gasteiger partial charge in [-0.1, -0.05) is 27.5 Å². The lowest BCUT2D eigenvalue weighted by Gasteiger charge is -2.05. The highest BCUT2D eigenvalue weighted by molar-refractivity contribution is 9.10. The third-order valence-corrected chi connectivity index (χ3v) is 3.35. The third kappa shape index (κ3) is 2.66. The number of allylic oxidation sites excluding steroid dienone is 1. The molecule has 16 heavy (non-hydrogen) atoms. The van der Waals surface area contributed by atoms with Crippen LogP contribution in [0.3, 0.4) is 0 Å². The molecule has 0 heterocycles. The Morgan fingerprint density at radius 3 is 2.81 bits per heavy atom. The molecule has 0 radical (unpaired) electrons. The number of Topliss-reactive ketones (excluding diaryl/α,β-unsaturated/α-hetero) is 1. The Bertz CT molecular complexity index is 456. The Hall–Kier alpha value is -0.800. The molecule has 4 heteroatoms. The molecule has 0 unspecified atom stereocenters. The summed E-state index contributed by atoms with van der Waals surface area (Å²) in [7, 11) is 0. The molecule has 1 N–H and O–H groups in total. The quantitative estimate of drug-likeness (QED) is 0.831.